The largest absolute Gasteiger partial charge is 0.486 e. The number of rotatable bonds is 9. The number of hydrogen-bond donors (Lipinski definition) is 0. The van der Waals surface area contributed by atoms with Gasteiger partial charge in [-0.05, 0) is 80.9 Å². The first kappa shape index (κ1) is 20.8. The molecule has 4 aliphatic rings. The molecule has 31 heavy (non-hydrogen) atoms. The SMILES string of the molecule is C=CCn1c(COc2cccc(C)c2)nnc1SCC(=O)C12CC3CC(CC(C3)C1)C2. The topological polar surface area (TPSA) is 57.0 Å². The van der Waals surface area contributed by atoms with Crippen molar-refractivity contribution in [1.29, 1.82) is 0 Å². The van der Waals surface area contributed by atoms with Gasteiger partial charge in [0.2, 0.25) is 0 Å². The third-order valence-corrected chi connectivity index (χ3v) is 8.39. The summed E-state index contributed by atoms with van der Waals surface area (Å²) in [6.07, 6.45) is 9.27. The summed E-state index contributed by atoms with van der Waals surface area (Å²) in [6.45, 7) is 6.87. The van der Waals surface area contributed by atoms with E-state index in [-0.39, 0.29) is 5.41 Å². The Morgan fingerprint density at radius 3 is 2.58 bits per heavy atom. The first-order valence-electron chi connectivity index (χ1n) is 11.4. The lowest BCUT2D eigenvalue weighted by Crippen LogP contribution is -2.50. The number of thioether (sulfide) groups is 1. The Bertz CT molecular complexity index is 948. The van der Waals surface area contributed by atoms with Crippen LogP contribution in [0, 0.1) is 30.1 Å². The van der Waals surface area contributed by atoms with E-state index in [1.165, 1.54) is 31.0 Å². The molecule has 0 atom stereocenters. The van der Waals surface area contributed by atoms with Gasteiger partial charge in [-0.15, -0.1) is 16.8 Å². The second-order valence-corrected chi connectivity index (χ2v) is 10.8. The zero-order valence-electron chi connectivity index (χ0n) is 18.3. The van der Waals surface area contributed by atoms with Crippen LogP contribution in [0.3, 0.4) is 0 Å². The lowest BCUT2D eigenvalue weighted by molar-refractivity contribution is -0.141. The van der Waals surface area contributed by atoms with Gasteiger partial charge >= 0.3 is 0 Å². The molecule has 4 fully saturated rings. The van der Waals surface area contributed by atoms with Crippen molar-refractivity contribution >= 4 is 17.5 Å². The van der Waals surface area contributed by atoms with Crippen molar-refractivity contribution < 1.29 is 9.53 Å². The number of ketones is 1. The minimum absolute atomic E-state index is 0.0534. The maximum atomic E-state index is 13.4. The van der Waals surface area contributed by atoms with Crippen LogP contribution >= 0.6 is 11.8 Å². The number of aromatic nitrogens is 3. The van der Waals surface area contributed by atoms with Crippen LogP contribution in [0.1, 0.15) is 49.9 Å². The molecule has 0 amide bonds. The quantitative estimate of drug-likeness (QED) is 0.397. The Balaban J connectivity index is 1.25. The van der Waals surface area contributed by atoms with Gasteiger partial charge in [0.15, 0.2) is 11.0 Å². The summed E-state index contributed by atoms with van der Waals surface area (Å²) < 4.78 is 7.94. The molecule has 0 aliphatic heterocycles. The molecule has 0 saturated heterocycles. The number of carbonyl (C=O) groups is 1. The van der Waals surface area contributed by atoms with Crippen LogP contribution in [0.5, 0.6) is 5.75 Å². The number of benzene rings is 1. The van der Waals surface area contributed by atoms with E-state index in [0.717, 1.165) is 59.3 Å². The van der Waals surface area contributed by atoms with Gasteiger partial charge in [0.05, 0.1) is 5.75 Å². The average molecular weight is 438 g/mol. The number of aryl methyl sites for hydroxylation is 1. The standard InChI is InChI=1S/C25H31N3O2S/c1-3-7-28-23(15-30-21-6-4-5-17(2)8-21)26-27-24(28)31-16-22(29)25-12-18-9-19(13-25)11-20(10-18)14-25/h3-6,8,18-20H,1,7,9-16H2,2H3. The van der Waals surface area contributed by atoms with Crippen molar-refractivity contribution in [1.82, 2.24) is 14.8 Å². The van der Waals surface area contributed by atoms with E-state index in [9.17, 15) is 4.79 Å². The Kier molecular flexibility index (Phi) is 5.67. The van der Waals surface area contributed by atoms with Crippen LogP contribution in [0.25, 0.3) is 0 Å². The Morgan fingerprint density at radius 1 is 1.23 bits per heavy atom. The normalized spacial score (nSPS) is 28.6. The van der Waals surface area contributed by atoms with Gasteiger partial charge in [-0.25, -0.2) is 0 Å². The fourth-order valence-corrected chi connectivity index (χ4v) is 7.43. The number of carbonyl (C=O) groups excluding carboxylic acids is 1. The van der Waals surface area contributed by atoms with Crippen molar-refractivity contribution in [2.45, 2.75) is 63.8 Å². The molecule has 5 nitrogen and oxygen atoms in total. The van der Waals surface area contributed by atoms with Crippen LogP contribution in [0.2, 0.25) is 0 Å². The van der Waals surface area contributed by atoms with E-state index in [0.29, 0.717) is 24.7 Å². The molecule has 164 valence electrons. The number of ether oxygens (including phenoxy) is 1. The van der Waals surface area contributed by atoms with E-state index < -0.39 is 0 Å². The highest BCUT2D eigenvalue weighted by Crippen LogP contribution is 2.60. The zero-order chi connectivity index (χ0) is 21.4. The Morgan fingerprint density at radius 2 is 1.94 bits per heavy atom. The predicted octanol–water partition coefficient (Wildman–Crippen LogP) is 5.23. The fourth-order valence-electron chi connectivity index (χ4n) is 6.43. The first-order valence-corrected chi connectivity index (χ1v) is 12.4. The highest BCUT2D eigenvalue weighted by Gasteiger charge is 2.54. The van der Waals surface area contributed by atoms with Crippen LogP contribution < -0.4 is 4.74 Å². The minimum Gasteiger partial charge on any atom is -0.486 e. The number of Topliss-reactive ketones (excluding diaryl/α,β-unsaturated/α-hetero) is 1. The molecule has 0 spiro atoms. The fraction of sp³-hybridized carbons (Fsp3) is 0.560. The molecule has 4 bridgehead atoms. The van der Waals surface area contributed by atoms with Crippen molar-refractivity contribution in [3.63, 3.8) is 0 Å². The van der Waals surface area contributed by atoms with Crippen LogP contribution in [0.4, 0.5) is 0 Å². The van der Waals surface area contributed by atoms with E-state index >= 15 is 0 Å². The van der Waals surface area contributed by atoms with Crippen molar-refractivity contribution in [3.05, 3.63) is 48.3 Å². The molecule has 1 aromatic carbocycles. The lowest BCUT2D eigenvalue weighted by atomic mass is 9.48. The van der Waals surface area contributed by atoms with E-state index in [2.05, 4.69) is 16.8 Å². The third kappa shape index (κ3) is 4.19. The van der Waals surface area contributed by atoms with Gasteiger partial charge in [-0.2, -0.15) is 0 Å². The molecule has 0 N–H and O–H groups in total. The summed E-state index contributed by atoms with van der Waals surface area (Å²) >= 11 is 1.53. The summed E-state index contributed by atoms with van der Waals surface area (Å²) in [7, 11) is 0. The van der Waals surface area contributed by atoms with Crippen LogP contribution in [0.15, 0.2) is 42.1 Å². The zero-order valence-corrected chi connectivity index (χ0v) is 19.1. The lowest BCUT2D eigenvalue weighted by Gasteiger charge is -2.56. The average Bonchev–Trinajstić information content (AvgIpc) is 3.11. The molecule has 6 heteroatoms. The molecule has 2 aromatic rings. The maximum absolute atomic E-state index is 13.4. The van der Waals surface area contributed by atoms with Crippen molar-refractivity contribution in [3.8, 4) is 5.75 Å². The van der Waals surface area contributed by atoms with Gasteiger partial charge < -0.3 is 4.74 Å². The molecule has 0 radical (unpaired) electrons. The van der Waals surface area contributed by atoms with Crippen LogP contribution in [-0.2, 0) is 17.9 Å². The third-order valence-electron chi connectivity index (χ3n) is 7.42. The smallest absolute Gasteiger partial charge is 0.192 e. The monoisotopic (exact) mass is 437 g/mol. The maximum Gasteiger partial charge on any atom is 0.192 e. The first-order chi connectivity index (χ1) is 15.0. The minimum atomic E-state index is -0.0534. The van der Waals surface area contributed by atoms with Crippen molar-refractivity contribution in [2.24, 2.45) is 23.2 Å². The Labute approximate surface area is 188 Å². The number of hydrogen-bond acceptors (Lipinski definition) is 5. The molecule has 1 aromatic heterocycles. The second-order valence-electron chi connectivity index (χ2n) is 9.81. The van der Waals surface area contributed by atoms with Crippen molar-refractivity contribution in [2.75, 3.05) is 5.75 Å². The summed E-state index contributed by atoms with van der Waals surface area (Å²) in [5, 5.41) is 9.51. The van der Waals surface area contributed by atoms with Gasteiger partial charge in [0.1, 0.15) is 18.1 Å². The molecule has 4 saturated carbocycles. The Hall–Kier alpha value is -2.08. The predicted molar refractivity (Wildman–Crippen MR) is 122 cm³/mol. The number of allylic oxidation sites excluding steroid dienone is 1. The van der Waals surface area contributed by atoms with Crippen LogP contribution in [-0.4, -0.2) is 26.3 Å². The summed E-state index contributed by atoms with van der Waals surface area (Å²) in [5.74, 6) is 4.85. The molecule has 0 unspecified atom stereocenters. The van der Waals surface area contributed by atoms with Gasteiger partial charge in [-0.1, -0.05) is 30.0 Å². The number of nitrogens with zero attached hydrogens (tertiary/aromatic N) is 3. The van der Waals surface area contributed by atoms with E-state index in [4.69, 9.17) is 4.74 Å². The molecule has 6 rings (SSSR count). The van der Waals surface area contributed by atoms with Gasteiger partial charge in [0.25, 0.3) is 0 Å². The molecule has 4 aliphatic carbocycles. The van der Waals surface area contributed by atoms with E-state index in [1.54, 1.807) is 0 Å². The summed E-state index contributed by atoms with van der Waals surface area (Å²) in [4.78, 5) is 13.4. The highest BCUT2D eigenvalue weighted by molar-refractivity contribution is 7.99. The van der Waals surface area contributed by atoms with E-state index in [1.807, 2.05) is 41.8 Å². The molecular weight excluding hydrogens is 406 g/mol. The summed E-state index contributed by atoms with van der Waals surface area (Å²) in [5.41, 5.74) is 1.10. The van der Waals surface area contributed by atoms with Gasteiger partial charge in [0, 0.05) is 12.0 Å². The summed E-state index contributed by atoms with van der Waals surface area (Å²) in [6, 6.07) is 7.98. The highest BCUT2D eigenvalue weighted by atomic mass is 32.2. The molecular formula is C25H31N3O2S. The second kappa shape index (κ2) is 8.45. The van der Waals surface area contributed by atoms with Gasteiger partial charge in [-0.3, -0.25) is 9.36 Å². The molecule has 1 heterocycles.